The van der Waals surface area contributed by atoms with Crippen molar-refractivity contribution < 1.29 is 0 Å². The molecular weight excluding hydrogens is 308 g/mol. The second kappa shape index (κ2) is 6.46. The molecule has 1 heterocycles. The van der Waals surface area contributed by atoms with E-state index in [9.17, 15) is 0 Å². The van der Waals surface area contributed by atoms with Crippen LogP contribution in [0.2, 0.25) is 0 Å². The van der Waals surface area contributed by atoms with Crippen molar-refractivity contribution in [3.8, 4) is 32.0 Å². The minimum atomic E-state index is 1.26. The molecule has 0 spiro atoms. The van der Waals surface area contributed by atoms with E-state index in [2.05, 4.69) is 97.9 Å². The summed E-state index contributed by atoms with van der Waals surface area (Å²) in [4.78, 5) is 2.63. The van der Waals surface area contributed by atoms with E-state index in [1.54, 1.807) is 0 Å². The molecule has 116 valence electrons. The number of thiophene rings is 1. The van der Waals surface area contributed by atoms with Crippen LogP contribution in [-0.4, -0.2) is 0 Å². The lowest BCUT2D eigenvalue weighted by Gasteiger charge is -2.03. The van der Waals surface area contributed by atoms with E-state index in [4.69, 9.17) is 0 Å². The van der Waals surface area contributed by atoms with Crippen LogP contribution in [0.15, 0.2) is 91.0 Å². The summed E-state index contributed by atoms with van der Waals surface area (Å²) in [5.74, 6) is 0. The summed E-state index contributed by atoms with van der Waals surface area (Å²) in [5, 5.41) is 0. The van der Waals surface area contributed by atoms with Gasteiger partial charge in [-0.2, -0.15) is 0 Å². The molecule has 0 saturated carbocycles. The SMILES string of the molecule is Cc1ccc(-c2ccc(-c3ccc(-c4ccccc4)cc3)s2)cc1. The molecule has 4 rings (SSSR count). The highest BCUT2D eigenvalue weighted by Crippen LogP contribution is 2.35. The zero-order valence-corrected chi connectivity index (χ0v) is 14.4. The number of rotatable bonds is 3. The predicted octanol–water partition coefficient (Wildman–Crippen LogP) is 7.06. The maximum atomic E-state index is 2.22. The molecule has 0 aliphatic carbocycles. The van der Waals surface area contributed by atoms with Crippen LogP contribution in [0.25, 0.3) is 32.0 Å². The zero-order valence-electron chi connectivity index (χ0n) is 13.6. The normalized spacial score (nSPS) is 10.7. The third-order valence-electron chi connectivity index (χ3n) is 4.22. The van der Waals surface area contributed by atoms with Crippen molar-refractivity contribution in [3.63, 3.8) is 0 Å². The van der Waals surface area contributed by atoms with Crippen molar-refractivity contribution in [2.75, 3.05) is 0 Å². The van der Waals surface area contributed by atoms with E-state index in [-0.39, 0.29) is 0 Å². The number of hydrogen-bond donors (Lipinski definition) is 0. The van der Waals surface area contributed by atoms with Gasteiger partial charge < -0.3 is 0 Å². The van der Waals surface area contributed by atoms with Crippen LogP contribution in [-0.2, 0) is 0 Å². The standard InChI is InChI=1S/C23H18S/c1-17-7-9-20(10-8-17)22-15-16-23(24-22)21-13-11-19(12-14-21)18-5-3-2-4-6-18/h2-16H,1H3. The molecule has 0 N–H and O–H groups in total. The average molecular weight is 326 g/mol. The summed E-state index contributed by atoms with van der Waals surface area (Å²) in [5.41, 5.74) is 6.38. The van der Waals surface area contributed by atoms with Gasteiger partial charge in [-0.3, -0.25) is 0 Å². The minimum Gasteiger partial charge on any atom is -0.135 e. The molecule has 0 nitrogen and oxygen atoms in total. The first-order valence-corrected chi connectivity index (χ1v) is 8.94. The Morgan fingerprint density at radius 2 is 0.917 bits per heavy atom. The Hall–Kier alpha value is -2.64. The maximum Gasteiger partial charge on any atom is 0.0349 e. The Balaban J connectivity index is 1.62. The first-order chi connectivity index (χ1) is 11.8. The van der Waals surface area contributed by atoms with Crippen LogP contribution in [0.1, 0.15) is 5.56 Å². The Morgan fingerprint density at radius 3 is 1.50 bits per heavy atom. The topological polar surface area (TPSA) is 0 Å². The summed E-state index contributed by atoms with van der Waals surface area (Å²) >= 11 is 1.85. The van der Waals surface area contributed by atoms with E-state index in [1.807, 2.05) is 11.3 Å². The van der Waals surface area contributed by atoms with Gasteiger partial charge in [0, 0.05) is 9.75 Å². The molecule has 3 aromatic carbocycles. The van der Waals surface area contributed by atoms with Crippen LogP contribution >= 0.6 is 11.3 Å². The summed E-state index contributed by atoms with van der Waals surface area (Å²) < 4.78 is 0. The molecule has 0 saturated heterocycles. The van der Waals surface area contributed by atoms with E-state index in [0.29, 0.717) is 0 Å². The summed E-state index contributed by atoms with van der Waals surface area (Å²) in [6.45, 7) is 2.12. The smallest absolute Gasteiger partial charge is 0.0349 e. The molecule has 0 radical (unpaired) electrons. The molecular formula is C23H18S. The van der Waals surface area contributed by atoms with Crippen LogP contribution in [0, 0.1) is 6.92 Å². The summed E-state index contributed by atoms with van der Waals surface area (Å²) in [6.07, 6.45) is 0. The molecule has 4 aromatic rings. The molecule has 0 atom stereocenters. The highest BCUT2D eigenvalue weighted by atomic mass is 32.1. The largest absolute Gasteiger partial charge is 0.135 e. The predicted molar refractivity (Wildman–Crippen MR) is 105 cm³/mol. The second-order valence-corrected chi connectivity index (χ2v) is 7.06. The van der Waals surface area contributed by atoms with Gasteiger partial charge in [-0.05, 0) is 41.3 Å². The maximum absolute atomic E-state index is 2.22. The molecule has 0 unspecified atom stereocenters. The van der Waals surface area contributed by atoms with Gasteiger partial charge >= 0.3 is 0 Å². The first kappa shape index (κ1) is 14.9. The fourth-order valence-electron chi connectivity index (χ4n) is 2.82. The van der Waals surface area contributed by atoms with Crippen molar-refractivity contribution in [1.82, 2.24) is 0 Å². The van der Waals surface area contributed by atoms with E-state index in [0.717, 1.165) is 0 Å². The molecule has 0 amide bonds. The van der Waals surface area contributed by atoms with Gasteiger partial charge in [-0.25, -0.2) is 0 Å². The number of aryl methyl sites for hydroxylation is 1. The molecule has 24 heavy (non-hydrogen) atoms. The van der Waals surface area contributed by atoms with Crippen molar-refractivity contribution >= 4 is 11.3 Å². The summed E-state index contributed by atoms with van der Waals surface area (Å²) in [7, 11) is 0. The van der Waals surface area contributed by atoms with Gasteiger partial charge in [-0.15, -0.1) is 11.3 Å². The molecule has 1 heteroatoms. The first-order valence-electron chi connectivity index (χ1n) is 8.12. The van der Waals surface area contributed by atoms with E-state index < -0.39 is 0 Å². The van der Waals surface area contributed by atoms with E-state index >= 15 is 0 Å². The van der Waals surface area contributed by atoms with Gasteiger partial charge in [0.05, 0.1) is 0 Å². The van der Waals surface area contributed by atoms with Crippen LogP contribution in [0.5, 0.6) is 0 Å². The lowest BCUT2D eigenvalue weighted by molar-refractivity contribution is 1.48. The highest BCUT2D eigenvalue weighted by Gasteiger charge is 2.05. The zero-order chi connectivity index (χ0) is 16.4. The van der Waals surface area contributed by atoms with Crippen molar-refractivity contribution in [3.05, 3.63) is 96.6 Å². The quantitative estimate of drug-likeness (QED) is 0.378. The van der Waals surface area contributed by atoms with Gasteiger partial charge in [-0.1, -0.05) is 84.4 Å². The van der Waals surface area contributed by atoms with Gasteiger partial charge in [0.25, 0.3) is 0 Å². The highest BCUT2D eigenvalue weighted by molar-refractivity contribution is 7.18. The average Bonchev–Trinajstić information content (AvgIpc) is 3.13. The molecule has 0 fully saturated rings. The molecule has 0 bridgehead atoms. The van der Waals surface area contributed by atoms with Gasteiger partial charge in [0.15, 0.2) is 0 Å². The molecule has 0 aliphatic heterocycles. The van der Waals surface area contributed by atoms with E-state index in [1.165, 1.54) is 37.6 Å². The molecule has 0 aliphatic rings. The Kier molecular flexibility index (Phi) is 4.02. The fraction of sp³-hybridized carbons (Fsp3) is 0.0435. The fourth-order valence-corrected chi connectivity index (χ4v) is 3.84. The van der Waals surface area contributed by atoms with Gasteiger partial charge in [0.1, 0.15) is 0 Å². The lowest BCUT2D eigenvalue weighted by atomic mass is 10.0. The third-order valence-corrected chi connectivity index (χ3v) is 5.40. The van der Waals surface area contributed by atoms with Crippen molar-refractivity contribution in [2.45, 2.75) is 6.92 Å². The Bertz CT molecular complexity index is 930. The minimum absolute atomic E-state index is 1.26. The van der Waals surface area contributed by atoms with Gasteiger partial charge in [0.2, 0.25) is 0 Å². The van der Waals surface area contributed by atoms with Crippen LogP contribution < -0.4 is 0 Å². The summed E-state index contributed by atoms with van der Waals surface area (Å²) in [6, 6.07) is 32.5. The van der Waals surface area contributed by atoms with Crippen LogP contribution in [0.4, 0.5) is 0 Å². The third kappa shape index (κ3) is 3.04. The van der Waals surface area contributed by atoms with Crippen molar-refractivity contribution in [1.29, 1.82) is 0 Å². The lowest BCUT2D eigenvalue weighted by Crippen LogP contribution is -1.77. The molecule has 1 aromatic heterocycles. The Labute approximate surface area is 147 Å². The monoisotopic (exact) mass is 326 g/mol. The van der Waals surface area contributed by atoms with Crippen LogP contribution in [0.3, 0.4) is 0 Å². The second-order valence-electron chi connectivity index (χ2n) is 5.97. The Morgan fingerprint density at radius 1 is 0.458 bits per heavy atom. The van der Waals surface area contributed by atoms with Crippen molar-refractivity contribution in [2.24, 2.45) is 0 Å². The number of benzene rings is 3. The number of hydrogen-bond acceptors (Lipinski definition) is 1.